The maximum absolute atomic E-state index is 12.4. The molecule has 0 saturated carbocycles. The van der Waals surface area contributed by atoms with Crippen molar-refractivity contribution < 1.29 is 4.79 Å². The molecular weight excluding hydrogens is 238 g/mol. The first-order chi connectivity index (χ1) is 9.17. The molecule has 0 aromatic carbocycles. The van der Waals surface area contributed by atoms with Crippen LogP contribution in [0.4, 0.5) is 0 Å². The average molecular weight is 259 g/mol. The van der Waals surface area contributed by atoms with E-state index in [4.69, 9.17) is 0 Å². The average Bonchev–Trinajstić information content (AvgIpc) is 2.85. The van der Waals surface area contributed by atoms with Gasteiger partial charge in [0.1, 0.15) is 11.3 Å². The third-order valence-corrected chi connectivity index (χ3v) is 3.37. The number of aromatic nitrogens is 2. The number of fused-ring (bicyclic) bond motifs is 1. The molecule has 0 fully saturated rings. The molecule has 0 spiro atoms. The van der Waals surface area contributed by atoms with Gasteiger partial charge in [-0.1, -0.05) is 19.4 Å². The molecule has 2 aromatic rings. The highest BCUT2D eigenvalue weighted by Gasteiger charge is 2.17. The van der Waals surface area contributed by atoms with Crippen molar-refractivity contribution in [2.75, 3.05) is 13.1 Å². The molecule has 19 heavy (non-hydrogen) atoms. The molecule has 0 saturated heterocycles. The normalized spacial score (nSPS) is 10.9. The van der Waals surface area contributed by atoms with E-state index in [1.165, 1.54) is 0 Å². The van der Waals surface area contributed by atoms with Crippen LogP contribution in [-0.4, -0.2) is 33.3 Å². The second kappa shape index (κ2) is 5.87. The summed E-state index contributed by atoms with van der Waals surface area (Å²) in [6.07, 6.45) is 3.96. The van der Waals surface area contributed by atoms with Crippen LogP contribution in [0.25, 0.3) is 5.65 Å². The highest BCUT2D eigenvalue weighted by atomic mass is 16.2. The zero-order valence-corrected chi connectivity index (χ0v) is 11.9. The van der Waals surface area contributed by atoms with Gasteiger partial charge in [0.05, 0.1) is 0 Å². The van der Waals surface area contributed by atoms with Crippen molar-refractivity contribution in [2.24, 2.45) is 0 Å². The van der Waals surface area contributed by atoms with Crippen molar-refractivity contribution in [1.29, 1.82) is 0 Å². The third-order valence-electron chi connectivity index (χ3n) is 3.37. The Kier molecular flexibility index (Phi) is 4.20. The number of hydrogen-bond donors (Lipinski definition) is 0. The molecule has 0 aliphatic rings. The van der Waals surface area contributed by atoms with E-state index in [2.05, 4.69) is 11.9 Å². The molecule has 0 atom stereocenters. The standard InChI is InChI=1S/C15H21N3O/c1-4-6-10-17(5-2)15(19)13-11-18-12(3)8-7-9-14(18)16-13/h7-9,11H,4-6,10H2,1-3H3. The first-order valence-corrected chi connectivity index (χ1v) is 6.91. The minimum absolute atomic E-state index is 0.0269. The SMILES string of the molecule is CCCCN(CC)C(=O)c1cn2c(C)cccc2n1. The zero-order valence-electron chi connectivity index (χ0n) is 11.9. The lowest BCUT2D eigenvalue weighted by Crippen LogP contribution is -2.31. The van der Waals surface area contributed by atoms with Crippen LogP contribution in [0.5, 0.6) is 0 Å². The van der Waals surface area contributed by atoms with E-state index in [1.54, 1.807) is 0 Å². The van der Waals surface area contributed by atoms with E-state index >= 15 is 0 Å². The summed E-state index contributed by atoms with van der Waals surface area (Å²) in [6.45, 7) is 7.68. The highest BCUT2D eigenvalue weighted by Crippen LogP contribution is 2.11. The van der Waals surface area contributed by atoms with E-state index in [-0.39, 0.29) is 5.91 Å². The molecule has 0 radical (unpaired) electrons. The van der Waals surface area contributed by atoms with E-state index < -0.39 is 0 Å². The summed E-state index contributed by atoms with van der Waals surface area (Å²) in [4.78, 5) is 18.7. The van der Waals surface area contributed by atoms with E-state index in [0.29, 0.717) is 5.69 Å². The summed E-state index contributed by atoms with van der Waals surface area (Å²) >= 11 is 0. The van der Waals surface area contributed by atoms with Gasteiger partial charge >= 0.3 is 0 Å². The third kappa shape index (κ3) is 2.78. The molecule has 0 bridgehead atoms. The van der Waals surface area contributed by atoms with Crippen molar-refractivity contribution in [3.63, 3.8) is 0 Å². The minimum Gasteiger partial charge on any atom is -0.338 e. The van der Waals surface area contributed by atoms with Gasteiger partial charge in [-0.3, -0.25) is 4.79 Å². The summed E-state index contributed by atoms with van der Waals surface area (Å²) in [7, 11) is 0. The van der Waals surface area contributed by atoms with Crippen LogP contribution in [0.15, 0.2) is 24.4 Å². The Morgan fingerprint density at radius 1 is 1.37 bits per heavy atom. The van der Waals surface area contributed by atoms with Gasteiger partial charge in [-0.05, 0) is 32.4 Å². The molecule has 0 N–H and O–H groups in total. The summed E-state index contributed by atoms with van der Waals surface area (Å²) in [5.74, 6) is 0.0269. The molecule has 4 nitrogen and oxygen atoms in total. The van der Waals surface area contributed by atoms with Crippen LogP contribution in [0.1, 0.15) is 42.9 Å². The van der Waals surface area contributed by atoms with E-state index in [1.807, 2.05) is 47.5 Å². The minimum atomic E-state index is 0.0269. The lowest BCUT2D eigenvalue weighted by Gasteiger charge is -2.19. The van der Waals surface area contributed by atoms with E-state index in [0.717, 1.165) is 37.3 Å². The van der Waals surface area contributed by atoms with Crippen LogP contribution in [0.2, 0.25) is 0 Å². The number of aryl methyl sites for hydroxylation is 1. The van der Waals surface area contributed by atoms with Crippen LogP contribution < -0.4 is 0 Å². The molecule has 0 unspecified atom stereocenters. The molecule has 1 amide bonds. The predicted molar refractivity (Wildman–Crippen MR) is 76.4 cm³/mol. The maximum Gasteiger partial charge on any atom is 0.274 e. The number of imidazole rings is 1. The van der Waals surface area contributed by atoms with Crippen molar-refractivity contribution in [2.45, 2.75) is 33.6 Å². The topological polar surface area (TPSA) is 37.6 Å². The second-order valence-corrected chi connectivity index (χ2v) is 4.76. The number of carbonyl (C=O) groups excluding carboxylic acids is 1. The van der Waals surface area contributed by atoms with Crippen LogP contribution in [-0.2, 0) is 0 Å². The fraction of sp³-hybridized carbons (Fsp3) is 0.467. The Morgan fingerprint density at radius 3 is 2.79 bits per heavy atom. The second-order valence-electron chi connectivity index (χ2n) is 4.76. The number of carbonyl (C=O) groups is 1. The van der Waals surface area contributed by atoms with Gasteiger partial charge in [0.2, 0.25) is 0 Å². The quantitative estimate of drug-likeness (QED) is 0.828. The van der Waals surface area contributed by atoms with Gasteiger partial charge in [0.25, 0.3) is 5.91 Å². The van der Waals surface area contributed by atoms with Gasteiger partial charge < -0.3 is 9.30 Å². The molecular formula is C15H21N3O. The molecule has 2 aromatic heterocycles. The summed E-state index contributed by atoms with van der Waals surface area (Å²) < 4.78 is 1.96. The largest absolute Gasteiger partial charge is 0.338 e. The zero-order chi connectivity index (χ0) is 13.8. The Balaban J connectivity index is 2.27. The smallest absolute Gasteiger partial charge is 0.274 e. The molecule has 0 aliphatic heterocycles. The lowest BCUT2D eigenvalue weighted by molar-refractivity contribution is 0.0757. The summed E-state index contributed by atoms with van der Waals surface area (Å²) in [5.41, 5.74) is 2.45. The predicted octanol–water partition coefficient (Wildman–Crippen LogP) is 2.90. The Labute approximate surface area is 114 Å². The first-order valence-electron chi connectivity index (χ1n) is 6.91. The maximum atomic E-state index is 12.4. The number of amides is 1. The number of rotatable bonds is 5. The lowest BCUT2D eigenvalue weighted by atomic mass is 10.3. The fourth-order valence-electron chi connectivity index (χ4n) is 2.17. The number of pyridine rings is 1. The Hall–Kier alpha value is -1.84. The fourth-order valence-corrected chi connectivity index (χ4v) is 2.17. The van der Waals surface area contributed by atoms with Crippen molar-refractivity contribution in [3.8, 4) is 0 Å². The van der Waals surface area contributed by atoms with E-state index in [9.17, 15) is 4.79 Å². The van der Waals surface area contributed by atoms with Gasteiger partial charge in [0, 0.05) is 25.0 Å². The van der Waals surface area contributed by atoms with Crippen LogP contribution in [0, 0.1) is 6.92 Å². The van der Waals surface area contributed by atoms with Gasteiger partial charge in [-0.15, -0.1) is 0 Å². The molecule has 0 aliphatic carbocycles. The Morgan fingerprint density at radius 2 is 2.16 bits per heavy atom. The monoisotopic (exact) mass is 259 g/mol. The molecule has 2 rings (SSSR count). The van der Waals surface area contributed by atoms with Gasteiger partial charge in [0.15, 0.2) is 0 Å². The summed E-state index contributed by atoms with van der Waals surface area (Å²) in [5, 5.41) is 0. The number of unbranched alkanes of at least 4 members (excludes halogenated alkanes) is 1. The molecule has 4 heteroatoms. The van der Waals surface area contributed by atoms with Crippen LogP contribution >= 0.6 is 0 Å². The number of nitrogens with zero attached hydrogens (tertiary/aromatic N) is 3. The van der Waals surface area contributed by atoms with Crippen molar-refractivity contribution in [1.82, 2.24) is 14.3 Å². The number of hydrogen-bond acceptors (Lipinski definition) is 2. The summed E-state index contributed by atoms with van der Waals surface area (Å²) in [6, 6.07) is 5.89. The van der Waals surface area contributed by atoms with Gasteiger partial charge in [-0.2, -0.15) is 0 Å². The highest BCUT2D eigenvalue weighted by molar-refractivity contribution is 5.92. The first kappa shape index (κ1) is 13.6. The van der Waals surface area contributed by atoms with Crippen LogP contribution in [0.3, 0.4) is 0 Å². The van der Waals surface area contributed by atoms with Crippen molar-refractivity contribution in [3.05, 3.63) is 35.8 Å². The van der Waals surface area contributed by atoms with Gasteiger partial charge in [-0.25, -0.2) is 4.98 Å². The van der Waals surface area contributed by atoms with Crippen molar-refractivity contribution >= 4 is 11.6 Å². The Bertz CT molecular complexity index is 574. The molecule has 2 heterocycles. The molecule has 102 valence electrons.